The molecule has 3 heteroatoms. The summed E-state index contributed by atoms with van der Waals surface area (Å²) in [7, 11) is 0. The molecule has 2 nitrogen and oxygen atoms in total. The Hall–Kier alpha value is -0.890. The van der Waals surface area contributed by atoms with E-state index in [1.54, 1.807) is 0 Å². The average Bonchev–Trinajstić information content (AvgIpc) is 2.48. The van der Waals surface area contributed by atoms with Crippen LogP contribution in [0.5, 0.6) is 11.5 Å². The summed E-state index contributed by atoms with van der Waals surface area (Å²) in [6.07, 6.45) is 7.15. The molecule has 24 heavy (non-hydrogen) atoms. The van der Waals surface area contributed by atoms with E-state index in [0.29, 0.717) is 22.3 Å². The highest BCUT2D eigenvalue weighted by molar-refractivity contribution is 6.32. The smallest absolute Gasteiger partial charge is 0.134 e. The van der Waals surface area contributed by atoms with Crippen LogP contribution in [0.15, 0.2) is 12.1 Å². The molecular weight excluding hydrogens is 320 g/mol. The van der Waals surface area contributed by atoms with Crippen molar-refractivity contribution < 1.29 is 9.84 Å². The average molecular weight is 349 g/mol. The molecule has 2 fully saturated rings. The molecule has 3 aliphatic rings. The Bertz CT molecular complexity index is 683. The fourth-order valence-electron chi connectivity index (χ4n) is 6.22. The predicted octanol–water partition coefficient (Wildman–Crippen LogP) is 5.98. The van der Waals surface area contributed by atoms with E-state index in [-0.39, 0.29) is 16.8 Å². The Morgan fingerprint density at radius 1 is 1.17 bits per heavy atom. The van der Waals surface area contributed by atoms with Gasteiger partial charge in [0.25, 0.3) is 0 Å². The zero-order valence-electron chi connectivity index (χ0n) is 15.3. The maximum Gasteiger partial charge on any atom is 0.134 e. The molecule has 2 aliphatic carbocycles. The van der Waals surface area contributed by atoms with Gasteiger partial charge in [-0.2, -0.15) is 0 Å². The van der Waals surface area contributed by atoms with Crippen molar-refractivity contribution in [2.45, 2.75) is 71.8 Å². The van der Waals surface area contributed by atoms with Crippen molar-refractivity contribution >= 4 is 11.6 Å². The number of hydrogen-bond acceptors (Lipinski definition) is 2. The van der Waals surface area contributed by atoms with Crippen LogP contribution >= 0.6 is 11.6 Å². The lowest BCUT2D eigenvalue weighted by molar-refractivity contribution is -0.210. The molecule has 1 spiro atoms. The van der Waals surface area contributed by atoms with Crippen LogP contribution < -0.4 is 4.74 Å². The second-order valence-electron chi connectivity index (χ2n) is 9.37. The van der Waals surface area contributed by atoms with Gasteiger partial charge >= 0.3 is 0 Å². The van der Waals surface area contributed by atoms with Gasteiger partial charge in [-0.05, 0) is 61.5 Å². The van der Waals surface area contributed by atoms with Crippen molar-refractivity contribution in [1.82, 2.24) is 0 Å². The van der Waals surface area contributed by atoms with E-state index in [4.69, 9.17) is 16.3 Å². The SMILES string of the molecule is C[C@H]1CC[C@H]2C(C)(C)CCC[C@]23Oc2cc(Cl)c(O)cc2C[C@]13C. The molecule has 0 amide bonds. The zero-order chi connectivity index (χ0) is 17.3. The monoisotopic (exact) mass is 348 g/mol. The molecule has 0 unspecified atom stereocenters. The first-order valence-electron chi connectivity index (χ1n) is 9.40. The number of fused-ring (bicyclic) bond motifs is 1. The minimum absolute atomic E-state index is 0.0975. The first-order valence-corrected chi connectivity index (χ1v) is 9.78. The molecule has 0 aromatic heterocycles. The van der Waals surface area contributed by atoms with Crippen LogP contribution in [0.1, 0.15) is 65.4 Å². The minimum atomic E-state index is -0.0975. The number of halogens is 1. The largest absolute Gasteiger partial charge is 0.506 e. The molecule has 2 saturated carbocycles. The minimum Gasteiger partial charge on any atom is -0.506 e. The third-order valence-corrected chi connectivity index (χ3v) is 8.10. The van der Waals surface area contributed by atoms with Gasteiger partial charge in [0.05, 0.1) is 5.02 Å². The quantitative estimate of drug-likeness (QED) is 0.624. The Morgan fingerprint density at radius 3 is 2.67 bits per heavy atom. The van der Waals surface area contributed by atoms with Gasteiger partial charge in [-0.15, -0.1) is 0 Å². The zero-order valence-corrected chi connectivity index (χ0v) is 16.0. The maximum absolute atomic E-state index is 10.0. The van der Waals surface area contributed by atoms with E-state index >= 15 is 0 Å². The van der Waals surface area contributed by atoms with E-state index in [1.807, 2.05) is 12.1 Å². The van der Waals surface area contributed by atoms with E-state index in [1.165, 1.54) is 25.7 Å². The van der Waals surface area contributed by atoms with Gasteiger partial charge in [0.2, 0.25) is 0 Å². The topological polar surface area (TPSA) is 29.5 Å². The van der Waals surface area contributed by atoms with E-state index in [9.17, 15) is 5.11 Å². The van der Waals surface area contributed by atoms with Crippen molar-refractivity contribution in [2.75, 3.05) is 0 Å². The van der Waals surface area contributed by atoms with Gasteiger partial charge in [-0.1, -0.05) is 39.3 Å². The Morgan fingerprint density at radius 2 is 1.92 bits per heavy atom. The molecule has 4 atom stereocenters. The van der Waals surface area contributed by atoms with Crippen LogP contribution in [0.4, 0.5) is 0 Å². The van der Waals surface area contributed by atoms with Crippen molar-refractivity contribution in [3.8, 4) is 11.5 Å². The molecular formula is C21H29ClO2. The summed E-state index contributed by atoms with van der Waals surface area (Å²) in [4.78, 5) is 0. The summed E-state index contributed by atoms with van der Waals surface area (Å²) in [6, 6.07) is 3.65. The molecule has 1 heterocycles. The first-order chi connectivity index (χ1) is 11.2. The molecule has 0 saturated heterocycles. The van der Waals surface area contributed by atoms with E-state index in [2.05, 4.69) is 27.7 Å². The van der Waals surface area contributed by atoms with Crippen LogP contribution in [-0.2, 0) is 6.42 Å². The van der Waals surface area contributed by atoms with Gasteiger partial charge < -0.3 is 9.84 Å². The third-order valence-electron chi connectivity index (χ3n) is 7.80. The van der Waals surface area contributed by atoms with Crippen LogP contribution in [0, 0.1) is 22.7 Å². The molecule has 0 bridgehead atoms. The molecule has 1 aromatic rings. The predicted molar refractivity (Wildman–Crippen MR) is 97.8 cm³/mol. The third kappa shape index (κ3) is 2.01. The highest BCUT2D eigenvalue weighted by atomic mass is 35.5. The summed E-state index contributed by atoms with van der Waals surface area (Å²) in [5, 5.41) is 10.4. The number of phenolic OH excluding ortho intramolecular Hbond substituents is 1. The van der Waals surface area contributed by atoms with Crippen molar-refractivity contribution in [3.63, 3.8) is 0 Å². The number of benzene rings is 1. The lowest BCUT2D eigenvalue weighted by Gasteiger charge is -2.66. The lowest BCUT2D eigenvalue weighted by atomic mass is 9.44. The summed E-state index contributed by atoms with van der Waals surface area (Å²) < 4.78 is 6.88. The van der Waals surface area contributed by atoms with Gasteiger partial charge in [-0.3, -0.25) is 0 Å². The number of rotatable bonds is 0. The highest BCUT2D eigenvalue weighted by Crippen LogP contribution is 2.65. The second kappa shape index (κ2) is 5.06. The highest BCUT2D eigenvalue weighted by Gasteiger charge is 2.65. The Labute approximate surface area is 150 Å². The van der Waals surface area contributed by atoms with Gasteiger partial charge in [-0.25, -0.2) is 0 Å². The number of ether oxygens (including phenoxy) is 1. The fourth-order valence-corrected chi connectivity index (χ4v) is 6.37. The van der Waals surface area contributed by atoms with Gasteiger partial charge in [0.15, 0.2) is 0 Å². The van der Waals surface area contributed by atoms with E-state index in [0.717, 1.165) is 24.2 Å². The normalized spacial score (nSPS) is 40.0. The summed E-state index contributed by atoms with van der Waals surface area (Å²) in [6.45, 7) is 9.68. The van der Waals surface area contributed by atoms with Gasteiger partial charge in [0, 0.05) is 17.4 Å². The molecule has 4 rings (SSSR count). The molecule has 132 valence electrons. The maximum atomic E-state index is 10.0. The van der Waals surface area contributed by atoms with Crippen molar-refractivity contribution in [3.05, 3.63) is 22.7 Å². The lowest BCUT2D eigenvalue weighted by Crippen LogP contribution is -2.68. The first kappa shape index (κ1) is 16.6. The summed E-state index contributed by atoms with van der Waals surface area (Å²) in [5.74, 6) is 2.27. The summed E-state index contributed by atoms with van der Waals surface area (Å²) in [5.41, 5.74) is 1.44. The number of hydrogen-bond donors (Lipinski definition) is 1. The van der Waals surface area contributed by atoms with Crippen molar-refractivity contribution in [1.29, 1.82) is 0 Å². The van der Waals surface area contributed by atoms with Crippen molar-refractivity contribution in [2.24, 2.45) is 22.7 Å². The van der Waals surface area contributed by atoms with Gasteiger partial charge in [0.1, 0.15) is 17.1 Å². The van der Waals surface area contributed by atoms with Crippen LogP contribution in [0.2, 0.25) is 5.02 Å². The molecule has 1 aromatic carbocycles. The Kier molecular flexibility index (Phi) is 3.50. The van der Waals surface area contributed by atoms with Crippen LogP contribution in [-0.4, -0.2) is 10.7 Å². The van der Waals surface area contributed by atoms with Crippen LogP contribution in [0.25, 0.3) is 0 Å². The Balaban J connectivity index is 1.89. The molecule has 1 N–H and O–H groups in total. The second-order valence-corrected chi connectivity index (χ2v) is 9.78. The summed E-state index contributed by atoms with van der Waals surface area (Å²) >= 11 is 6.18. The number of aromatic hydroxyl groups is 1. The molecule has 0 radical (unpaired) electrons. The molecule has 1 aliphatic heterocycles. The van der Waals surface area contributed by atoms with Crippen LogP contribution in [0.3, 0.4) is 0 Å². The standard InChI is InChI=1S/C21H29ClO2/c1-13-6-7-18-19(2,3)8-5-9-21(18)20(13,4)12-14-10-16(23)15(22)11-17(14)24-21/h10-11,13,18,23H,5-9,12H2,1-4H3/t13-,18-,20+,21-/m0/s1. The number of phenols is 1. The fraction of sp³-hybridized carbons (Fsp3) is 0.714. The van der Waals surface area contributed by atoms with E-state index < -0.39 is 0 Å².